The molecule has 7 rings (SSSR count). The van der Waals surface area contributed by atoms with E-state index in [2.05, 4.69) is 24.9 Å². The fraction of sp³-hybridized carbons (Fsp3) is 0.500. The smallest absolute Gasteiger partial charge is 0.397 e. The zero-order valence-electron chi connectivity index (χ0n) is 21.5. The third-order valence-corrected chi connectivity index (χ3v) is 8.56. The van der Waals surface area contributed by atoms with E-state index in [0.717, 1.165) is 0 Å². The molecule has 0 aromatic carbocycles. The second-order valence-electron chi connectivity index (χ2n) is 10.1. The summed E-state index contributed by atoms with van der Waals surface area (Å²) in [6, 6.07) is 1.60. The fourth-order valence-corrected chi connectivity index (χ4v) is 6.51. The normalized spacial score (nSPS) is 35.7. The predicted octanol–water partition coefficient (Wildman–Crippen LogP) is -1.26. The molecule has 9 atom stereocenters. The first kappa shape index (κ1) is 27.3. The van der Waals surface area contributed by atoms with Crippen molar-refractivity contribution in [3.63, 3.8) is 0 Å². The molecule has 3 aliphatic rings. The molecule has 0 amide bonds. The third-order valence-electron chi connectivity index (χ3n) is 7.57. The largest absolute Gasteiger partial charge is 0.472 e. The summed E-state index contributed by atoms with van der Waals surface area (Å²) in [7, 11) is -4.89. The van der Waals surface area contributed by atoms with Gasteiger partial charge in [-0.3, -0.25) is 28.0 Å². The lowest BCUT2D eigenvalue weighted by atomic mass is 9.95. The van der Waals surface area contributed by atoms with Gasteiger partial charge in [-0.05, 0) is 12.5 Å². The molecule has 3 aliphatic heterocycles. The Balaban J connectivity index is 1.17. The monoisotopic (exact) mass is 607 g/mol. The number of hydrogen-bond donors (Lipinski definition) is 6. The SMILES string of the molecule is Nc1nc2c(ncn2[C@@H]2OC3OCC[C@H]4[C@@H](O)[C@H](n5cnc6c(N)ccnc65)O[C@@H]4COP(=O)(O)O[C@@H]2[C@@H]3O)c(=O)[nH]1. The number of anilines is 2. The second-order valence-corrected chi connectivity index (χ2v) is 11.5. The van der Waals surface area contributed by atoms with Crippen molar-refractivity contribution in [2.24, 2.45) is 5.92 Å². The molecule has 3 fully saturated rings. The fourth-order valence-electron chi connectivity index (χ4n) is 5.58. The first-order valence-corrected chi connectivity index (χ1v) is 14.3. The van der Waals surface area contributed by atoms with E-state index in [9.17, 15) is 24.5 Å². The summed E-state index contributed by atoms with van der Waals surface area (Å²) in [4.78, 5) is 41.9. The number of phosphoric acid groups is 1. The highest BCUT2D eigenvalue weighted by Crippen LogP contribution is 2.51. The Hall–Kier alpha value is -3.52. The Bertz CT molecular complexity index is 1760. The van der Waals surface area contributed by atoms with Gasteiger partial charge in [-0.15, -0.1) is 0 Å². The zero-order valence-corrected chi connectivity index (χ0v) is 22.4. The molecule has 0 spiro atoms. The summed E-state index contributed by atoms with van der Waals surface area (Å²) >= 11 is 0. The van der Waals surface area contributed by atoms with Crippen molar-refractivity contribution in [2.75, 3.05) is 24.7 Å². The van der Waals surface area contributed by atoms with Crippen molar-refractivity contribution in [3.05, 3.63) is 35.3 Å². The van der Waals surface area contributed by atoms with Gasteiger partial charge in [0.25, 0.3) is 5.56 Å². The van der Waals surface area contributed by atoms with E-state index in [1.807, 2.05) is 0 Å². The van der Waals surface area contributed by atoms with E-state index >= 15 is 0 Å². The maximum atomic E-state index is 13.1. The van der Waals surface area contributed by atoms with Gasteiger partial charge in [0.05, 0.1) is 37.7 Å². The molecule has 224 valence electrons. The second kappa shape index (κ2) is 10.0. The van der Waals surface area contributed by atoms with Crippen LogP contribution in [0.4, 0.5) is 11.6 Å². The molecule has 0 radical (unpaired) electrons. The highest BCUT2D eigenvalue weighted by molar-refractivity contribution is 7.47. The Kier molecular flexibility index (Phi) is 6.53. The minimum Gasteiger partial charge on any atom is -0.397 e. The summed E-state index contributed by atoms with van der Waals surface area (Å²) in [5.74, 6) is -0.846. The lowest BCUT2D eigenvalue weighted by Gasteiger charge is -2.26. The van der Waals surface area contributed by atoms with Gasteiger partial charge in [0, 0.05) is 12.1 Å². The molecule has 7 heterocycles. The van der Waals surface area contributed by atoms with Crippen molar-refractivity contribution >= 4 is 41.8 Å². The molecule has 2 unspecified atom stereocenters. The van der Waals surface area contributed by atoms with Crippen molar-refractivity contribution in [2.45, 2.75) is 49.6 Å². The number of phosphoric ester groups is 1. The van der Waals surface area contributed by atoms with Gasteiger partial charge in [-0.2, -0.15) is 4.98 Å². The quantitative estimate of drug-likeness (QED) is 0.145. The summed E-state index contributed by atoms with van der Waals surface area (Å²) in [5.41, 5.74) is 12.2. The summed E-state index contributed by atoms with van der Waals surface area (Å²) in [6.45, 7) is -0.467. The van der Waals surface area contributed by atoms with Crippen molar-refractivity contribution < 1.29 is 42.9 Å². The highest BCUT2D eigenvalue weighted by atomic mass is 31.2. The van der Waals surface area contributed by atoms with E-state index in [1.54, 1.807) is 6.07 Å². The summed E-state index contributed by atoms with van der Waals surface area (Å²) in [5, 5.41) is 22.3. The van der Waals surface area contributed by atoms with Crippen LogP contribution in [0.1, 0.15) is 18.9 Å². The number of aromatic amines is 1. The zero-order chi connectivity index (χ0) is 29.3. The van der Waals surface area contributed by atoms with Gasteiger partial charge >= 0.3 is 7.82 Å². The molecule has 8 N–H and O–H groups in total. The van der Waals surface area contributed by atoms with Crippen LogP contribution in [0.2, 0.25) is 0 Å². The van der Waals surface area contributed by atoms with Crippen LogP contribution in [0.15, 0.2) is 29.7 Å². The molecule has 0 saturated carbocycles. The Morgan fingerprint density at radius 3 is 2.60 bits per heavy atom. The number of nitrogens with one attached hydrogen (secondary N) is 1. The van der Waals surface area contributed by atoms with Crippen LogP contribution >= 0.6 is 7.82 Å². The van der Waals surface area contributed by atoms with Gasteiger partial charge in [0.2, 0.25) is 5.95 Å². The molecule has 4 aromatic heterocycles. The number of nitrogen functional groups attached to an aromatic ring is 2. The Labute approximate surface area is 234 Å². The van der Waals surface area contributed by atoms with Crippen LogP contribution in [0.5, 0.6) is 0 Å². The standard InChI is InChI=1S/C22H26N9O10P/c23-9-1-3-25-16-11(9)26-6-30(16)19-13(32)8-2-4-37-21-14(33)15(41-42(35,36)38-5-10(8)39-19)20(40-21)31-7-27-12-17(31)28-22(24)29-18(12)34/h1,3,6-8,10,13-15,19-21,32-33H,2,4-5H2,(H2,23,25)(H,35,36)(H3,24,28,29,34)/t8-,10-,13-,14+,15-,19-,20-,21?/m1/s1. The van der Waals surface area contributed by atoms with E-state index < -0.39 is 69.1 Å². The van der Waals surface area contributed by atoms with E-state index in [1.165, 1.54) is 28.0 Å². The summed E-state index contributed by atoms with van der Waals surface area (Å²) in [6.07, 6.45) is -4.38. The molecule has 20 heteroatoms. The first-order chi connectivity index (χ1) is 20.1. The number of aliphatic hydroxyl groups is 2. The van der Waals surface area contributed by atoms with E-state index in [-0.39, 0.29) is 30.1 Å². The maximum Gasteiger partial charge on any atom is 0.472 e. The van der Waals surface area contributed by atoms with Gasteiger partial charge in [-0.1, -0.05) is 0 Å². The number of aromatic nitrogens is 7. The molecule has 3 saturated heterocycles. The van der Waals surface area contributed by atoms with Crippen LogP contribution in [0, 0.1) is 5.92 Å². The first-order valence-electron chi connectivity index (χ1n) is 12.8. The van der Waals surface area contributed by atoms with Crippen LogP contribution in [-0.2, 0) is 27.8 Å². The molecule has 4 aromatic rings. The highest BCUT2D eigenvalue weighted by Gasteiger charge is 2.52. The number of rotatable bonds is 2. The van der Waals surface area contributed by atoms with Crippen LogP contribution < -0.4 is 17.0 Å². The number of hydrogen-bond acceptors (Lipinski definition) is 15. The summed E-state index contributed by atoms with van der Waals surface area (Å²) < 4.78 is 44.3. The molecular weight excluding hydrogens is 581 g/mol. The van der Waals surface area contributed by atoms with E-state index in [4.69, 9.17) is 34.7 Å². The van der Waals surface area contributed by atoms with E-state index in [0.29, 0.717) is 16.9 Å². The number of imidazole rings is 2. The Morgan fingerprint density at radius 2 is 1.79 bits per heavy atom. The van der Waals surface area contributed by atoms with Gasteiger partial charge < -0.3 is 40.8 Å². The van der Waals surface area contributed by atoms with Crippen molar-refractivity contribution in [3.8, 4) is 0 Å². The van der Waals surface area contributed by atoms with Crippen LogP contribution in [0.3, 0.4) is 0 Å². The molecular formula is C22H26N9O10P. The number of nitrogens with zero attached hydrogens (tertiary/aromatic N) is 6. The molecule has 19 nitrogen and oxygen atoms in total. The maximum absolute atomic E-state index is 13.1. The Morgan fingerprint density at radius 1 is 1.02 bits per heavy atom. The average Bonchev–Trinajstić information content (AvgIpc) is 3.69. The van der Waals surface area contributed by atoms with Crippen molar-refractivity contribution in [1.29, 1.82) is 0 Å². The van der Waals surface area contributed by atoms with Gasteiger partial charge in [0.15, 0.2) is 35.6 Å². The lowest BCUT2D eigenvalue weighted by Crippen LogP contribution is -2.37. The molecule has 42 heavy (non-hydrogen) atoms. The number of pyridine rings is 1. The number of nitrogens with two attached hydrogens (primary N) is 2. The lowest BCUT2D eigenvalue weighted by molar-refractivity contribution is -0.178. The topological polar surface area (TPSA) is 270 Å². The molecule has 0 aliphatic carbocycles. The number of fused-ring (bicyclic) bond motifs is 5. The minimum atomic E-state index is -4.89. The number of ether oxygens (including phenoxy) is 3. The predicted molar refractivity (Wildman–Crippen MR) is 139 cm³/mol. The number of H-pyrrole nitrogens is 1. The van der Waals surface area contributed by atoms with Gasteiger partial charge in [0.1, 0.15) is 23.8 Å². The number of aliphatic hydroxyl groups excluding tert-OH is 2. The van der Waals surface area contributed by atoms with Crippen LogP contribution in [-0.4, -0.2) is 93.1 Å². The van der Waals surface area contributed by atoms with Crippen molar-refractivity contribution in [1.82, 2.24) is 34.1 Å². The van der Waals surface area contributed by atoms with Gasteiger partial charge in [-0.25, -0.2) is 19.5 Å². The van der Waals surface area contributed by atoms with Crippen LogP contribution in [0.25, 0.3) is 22.3 Å². The third kappa shape index (κ3) is 4.46. The average molecular weight is 607 g/mol. The minimum absolute atomic E-state index is 0.0129. The molecule has 2 bridgehead atoms.